The van der Waals surface area contributed by atoms with E-state index < -0.39 is 0 Å². The van der Waals surface area contributed by atoms with Crippen LogP contribution in [0.4, 0.5) is 5.69 Å². The largest absolute Gasteiger partial charge is 0.368 e. The van der Waals surface area contributed by atoms with Gasteiger partial charge in [-0.3, -0.25) is 4.99 Å². The van der Waals surface area contributed by atoms with Gasteiger partial charge in [-0.05, 0) is 53.5 Å². The average molecular weight is 569 g/mol. The number of pyridine rings is 1. The Hall–Kier alpha value is -1.81. The molecule has 0 bridgehead atoms. The van der Waals surface area contributed by atoms with E-state index in [1.807, 2.05) is 25.2 Å². The lowest BCUT2D eigenvalue weighted by Gasteiger charge is -2.21. The molecule has 4 rings (SSSR count). The van der Waals surface area contributed by atoms with Gasteiger partial charge in [0.15, 0.2) is 5.96 Å². The maximum atomic E-state index is 4.68. The lowest BCUT2D eigenvalue weighted by molar-refractivity contribution is 0.647. The smallest absolute Gasteiger partial charge is 0.191 e. The van der Waals surface area contributed by atoms with Crippen molar-refractivity contribution in [3.05, 3.63) is 64.5 Å². The third kappa shape index (κ3) is 5.03. The molecule has 2 N–H and O–H groups in total. The molecule has 3 heterocycles. The summed E-state index contributed by atoms with van der Waals surface area (Å²) < 4.78 is 3.25. The number of fused-ring (bicyclic) bond motifs is 1. The summed E-state index contributed by atoms with van der Waals surface area (Å²) in [6.45, 7) is 4.71. The first kappa shape index (κ1) is 21.9. The fraction of sp³-hybridized carbons (Fsp3) is 0.333. The number of nitrogens with zero attached hydrogens (tertiary/aromatic N) is 4. The molecule has 0 amide bonds. The Bertz CT molecular complexity index is 1000. The average Bonchev–Trinajstić information content (AvgIpc) is 3.33. The number of guanidine groups is 1. The van der Waals surface area contributed by atoms with Crippen LogP contribution in [0.15, 0.2) is 58.1 Å². The maximum absolute atomic E-state index is 4.68. The van der Waals surface area contributed by atoms with Crippen LogP contribution in [0.1, 0.15) is 17.8 Å². The molecule has 0 spiro atoms. The van der Waals surface area contributed by atoms with Crippen molar-refractivity contribution in [3.63, 3.8) is 0 Å². The van der Waals surface area contributed by atoms with Crippen molar-refractivity contribution in [3.8, 4) is 0 Å². The Labute approximate surface area is 197 Å². The second kappa shape index (κ2) is 9.80. The van der Waals surface area contributed by atoms with Gasteiger partial charge in [0, 0.05) is 42.5 Å². The van der Waals surface area contributed by atoms with Gasteiger partial charge < -0.3 is 19.9 Å². The Morgan fingerprint density at radius 1 is 1.24 bits per heavy atom. The predicted molar refractivity (Wildman–Crippen MR) is 133 cm³/mol. The first-order valence-electron chi connectivity index (χ1n) is 9.54. The molecule has 6 nitrogen and oxygen atoms in total. The Morgan fingerprint density at radius 3 is 2.83 bits per heavy atom. The molecular weight excluding hydrogens is 543 g/mol. The first-order valence-corrected chi connectivity index (χ1v) is 10.3. The molecule has 0 radical (unpaired) electrons. The minimum Gasteiger partial charge on any atom is -0.368 e. The van der Waals surface area contributed by atoms with Crippen molar-refractivity contribution in [2.75, 3.05) is 25.0 Å². The van der Waals surface area contributed by atoms with Crippen LogP contribution in [0.25, 0.3) is 5.65 Å². The van der Waals surface area contributed by atoms with Gasteiger partial charge >= 0.3 is 0 Å². The van der Waals surface area contributed by atoms with E-state index in [4.69, 9.17) is 0 Å². The highest BCUT2D eigenvalue weighted by Crippen LogP contribution is 2.28. The van der Waals surface area contributed by atoms with E-state index in [-0.39, 0.29) is 24.0 Å². The SMILES string of the molecule is CN=C(NCc1cn2c(C)cccc2n1)NC1CCN(c2ccccc2Br)C1.I. The minimum absolute atomic E-state index is 0. The quantitative estimate of drug-likeness (QED) is 0.284. The van der Waals surface area contributed by atoms with Crippen LogP contribution < -0.4 is 15.5 Å². The van der Waals surface area contributed by atoms with Gasteiger partial charge in [0.2, 0.25) is 0 Å². The van der Waals surface area contributed by atoms with Gasteiger partial charge in [0.05, 0.1) is 17.9 Å². The molecule has 1 saturated heterocycles. The standard InChI is InChI=1S/C21H25BrN6.HI/c1-15-6-5-9-20-25-17(14-28(15)20)12-24-21(23-2)26-16-10-11-27(13-16)19-8-4-3-7-18(19)22;/h3-9,14,16H,10-13H2,1-2H3,(H2,23,24,26);1H. The van der Waals surface area contributed by atoms with Crippen molar-refractivity contribution < 1.29 is 0 Å². The van der Waals surface area contributed by atoms with Crippen molar-refractivity contribution in [2.45, 2.75) is 25.9 Å². The summed E-state index contributed by atoms with van der Waals surface area (Å²) in [6.07, 6.45) is 3.16. The van der Waals surface area contributed by atoms with Crippen molar-refractivity contribution in [1.29, 1.82) is 0 Å². The molecule has 1 unspecified atom stereocenters. The highest BCUT2D eigenvalue weighted by Gasteiger charge is 2.24. The number of aromatic nitrogens is 2. The van der Waals surface area contributed by atoms with Crippen LogP contribution in [-0.4, -0.2) is 41.5 Å². The summed E-state index contributed by atoms with van der Waals surface area (Å²) in [4.78, 5) is 11.5. The van der Waals surface area contributed by atoms with E-state index in [9.17, 15) is 0 Å². The van der Waals surface area contributed by atoms with Gasteiger partial charge in [-0.25, -0.2) is 4.98 Å². The van der Waals surface area contributed by atoms with Gasteiger partial charge in [0.25, 0.3) is 0 Å². The topological polar surface area (TPSA) is 57.0 Å². The van der Waals surface area contributed by atoms with Crippen LogP contribution in [0.2, 0.25) is 0 Å². The molecule has 1 aliphatic heterocycles. The third-order valence-electron chi connectivity index (χ3n) is 5.13. The molecule has 1 fully saturated rings. The van der Waals surface area contributed by atoms with Crippen molar-refractivity contribution >= 4 is 57.2 Å². The molecule has 1 aliphatic rings. The number of benzene rings is 1. The Balaban J connectivity index is 0.00000240. The molecule has 1 aromatic carbocycles. The number of aryl methyl sites for hydroxylation is 1. The van der Waals surface area contributed by atoms with Gasteiger partial charge in [0.1, 0.15) is 5.65 Å². The van der Waals surface area contributed by atoms with Gasteiger partial charge in [-0.1, -0.05) is 18.2 Å². The van der Waals surface area contributed by atoms with E-state index >= 15 is 0 Å². The second-order valence-corrected chi connectivity index (χ2v) is 7.94. The minimum atomic E-state index is 0. The fourth-order valence-electron chi connectivity index (χ4n) is 3.65. The van der Waals surface area contributed by atoms with Crippen LogP contribution in [-0.2, 0) is 6.54 Å². The highest BCUT2D eigenvalue weighted by molar-refractivity contribution is 14.0. The second-order valence-electron chi connectivity index (χ2n) is 7.08. The van der Waals surface area contributed by atoms with E-state index in [0.29, 0.717) is 12.6 Å². The summed E-state index contributed by atoms with van der Waals surface area (Å²) in [5.41, 5.74) is 4.39. The van der Waals surface area contributed by atoms with Crippen molar-refractivity contribution in [1.82, 2.24) is 20.0 Å². The van der Waals surface area contributed by atoms with E-state index in [2.05, 4.69) is 83.2 Å². The molecule has 2 aromatic heterocycles. The Morgan fingerprint density at radius 2 is 2.07 bits per heavy atom. The van der Waals surface area contributed by atoms with Crippen LogP contribution in [0, 0.1) is 6.92 Å². The van der Waals surface area contributed by atoms with Crippen LogP contribution in [0.3, 0.4) is 0 Å². The number of hydrogen-bond donors (Lipinski definition) is 2. The molecule has 0 saturated carbocycles. The Kier molecular flexibility index (Phi) is 7.39. The molecule has 1 atom stereocenters. The summed E-state index contributed by atoms with van der Waals surface area (Å²) in [6, 6.07) is 14.9. The lowest BCUT2D eigenvalue weighted by Crippen LogP contribution is -2.44. The number of halogens is 2. The number of nitrogens with one attached hydrogen (secondary N) is 2. The zero-order valence-electron chi connectivity index (χ0n) is 16.6. The lowest BCUT2D eigenvalue weighted by atomic mass is 10.3. The molecule has 29 heavy (non-hydrogen) atoms. The zero-order valence-corrected chi connectivity index (χ0v) is 20.5. The number of hydrogen-bond acceptors (Lipinski definition) is 3. The number of para-hydroxylation sites is 1. The monoisotopic (exact) mass is 568 g/mol. The summed E-state index contributed by atoms with van der Waals surface area (Å²) >= 11 is 3.65. The van der Waals surface area contributed by atoms with Gasteiger partial charge in [-0.15, -0.1) is 24.0 Å². The van der Waals surface area contributed by atoms with Crippen LogP contribution >= 0.6 is 39.9 Å². The molecule has 8 heteroatoms. The van der Waals surface area contributed by atoms with Crippen molar-refractivity contribution in [2.24, 2.45) is 4.99 Å². The number of rotatable bonds is 4. The molecular formula is C21H26BrIN6. The summed E-state index contributed by atoms with van der Waals surface area (Å²) in [5.74, 6) is 0.813. The number of aliphatic imine (C=N–C) groups is 1. The van der Waals surface area contributed by atoms with E-state index in [1.54, 1.807) is 0 Å². The molecule has 3 aromatic rings. The fourth-order valence-corrected chi connectivity index (χ4v) is 4.19. The van der Waals surface area contributed by atoms with Crippen LogP contribution in [0.5, 0.6) is 0 Å². The predicted octanol–water partition coefficient (Wildman–Crippen LogP) is 3.97. The number of imidazole rings is 1. The highest BCUT2D eigenvalue weighted by atomic mass is 127. The zero-order chi connectivity index (χ0) is 19.5. The summed E-state index contributed by atoms with van der Waals surface area (Å²) in [5, 5.41) is 6.94. The molecule has 0 aliphatic carbocycles. The maximum Gasteiger partial charge on any atom is 0.191 e. The van der Waals surface area contributed by atoms with Gasteiger partial charge in [-0.2, -0.15) is 0 Å². The summed E-state index contributed by atoms with van der Waals surface area (Å²) in [7, 11) is 1.81. The first-order chi connectivity index (χ1) is 13.6. The van der Waals surface area contributed by atoms with E-state index in [1.165, 1.54) is 11.4 Å². The third-order valence-corrected chi connectivity index (χ3v) is 5.80. The molecule has 154 valence electrons. The van der Waals surface area contributed by atoms with E-state index in [0.717, 1.165) is 41.3 Å². The number of anilines is 1. The normalized spacial score (nSPS) is 16.7.